The van der Waals surface area contributed by atoms with Gasteiger partial charge in [-0.25, -0.2) is 15.0 Å². The van der Waals surface area contributed by atoms with Gasteiger partial charge >= 0.3 is 0 Å². The van der Waals surface area contributed by atoms with Crippen molar-refractivity contribution in [3.05, 3.63) is 42.1 Å². The first kappa shape index (κ1) is 14.5. The van der Waals surface area contributed by atoms with E-state index in [1.807, 2.05) is 18.2 Å². The summed E-state index contributed by atoms with van der Waals surface area (Å²) in [5, 5.41) is 0. The van der Waals surface area contributed by atoms with Crippen LogP contribution in [0.25, 0.3) is 23.2 Å². The fourth-order valence-corrected chi connectivity index (χ4v) is 2.01. The summed E-state index contributed by atoms with van der Waals surface area (Å²) in [6.45, 7) is 8.30. The van der Waals surface area contributed by atoms with Crippen LogP contribution in [0.15, 0.2) is 39.6 Å². The third-order valence-electron chi connectivity index (χ3n) is 3.41. The first-order valence-corrected chi connectivity index (χ1v) is 7.43. The third-order valence-corrected chi connectivity index (χ3v) is 3.41. The summed E-state index contributed by atoms with van der Waals surface area (Å²) < 4.78 is 11.0. The van der Waals surface area contributed by atoms with Gasteiger partial charge in [0.1, 0.15) is 23.9 Å². The summed E-state index contributed by atoms with van der Waals surface area (Å²) in [6.07, 6.45) is 3.35. The molecular weight excluding hydrogens is 278 g/mol. The van der Waals surface area contributed by atoms with Crippen LogP contribution in [0, 0.1) is 0 Å². The fraction of sp³-hybridized carbons (Fsp3) is 0.353. The lowest BCUT2D eigenvalue weighted by Crippen LogP contribution is -1.91. The van der Waals surface area contributed by atoms with E-state index in [2.05, 4.69) is 42.6 Å². The van der Waals surface area contributed by atoms with Crippen molar-refractivity contribution in [1.82, 2.24) is 15.0 Å². The number of nitrogens with zero attached hydrogens (tertiary/aromatic N) is 3. The van der Waals surface area contributed by atoms with Gasteiger partial charge in [-0.05, 0) is 24.0 Å². The molecule has 3 rings (SSSR count). The topological polar surface area (TPSA) is 65.0 Å². The third kappa shape index (κ3) is 2.79. The van der Waals surface area contributed by atoms with Crippen molar-refractivity contribution < 1.29 is 8.83 Å². The average molecular weight is 297 g/mol. The zero-order valence-electron chi connectivity index (χ0n) is 13.2. The molecule has 0 radical (unpaired) electrons. The summed E-state index contributed by atoms with van der Waals surface area (Å²) in [4.78, 5) is 13.5. The number of aromatic nitrogens is 3. The molecule has 0 N–H and O–H groups in total. The van der Waals surface area contributed by atoms with E-state index in [9.17, 15) is 0 Å². The Labute approximate surface area is 129 Å². The van der Waals surface area contributed by atoms with Crippen LogP contribution < -0.4 is 0 Å². The molecule has 0 atom stereocenters. The van der Waals surface area contributed by atoms with Gasteiger partial charge < -0.3 is 8.83 Å². The lowest BCUT2D eigenvalue weighted by molar-refractivity contribution is 0.564. The second-order valence-electron chi connectivity index (χ2n) is 5.87. The van der Waals surface area contributed by atoms with Crippen molar-refractivity contribution in [2.45, 2.75) is 39.5 Å². The van der Waals surface area contributed by atoms with Crippen molar-refractivity contribution in [2.24, 2.45) is 0 Å². The second kappa shape index (κ2) is 5.75. The Kier molecular flexibility index (Phi) is 3.79. The Morgan fingerprint density at radius 1 is 0.727 bits per heavy atom. The standard InChI is InChI=1S/C17H19N3O2/c1-10(2)14-8-21-16(19-14)12-6-5-7-13(18-12)17-20-15(9-22-17)11(3)4/h5-11H,1-4H3. The van der Waals surface area contributed by atoms with Crippen molar-refractivity contribution in [2.75, 3.05) is 0 Å². The smallest absolute Gasteiger partial charge is 0.245 e. The molecule has 0 spiro atoms. The molecule has 3 aromatic rings. The average Bonchev–Trinajstić information content (AvgIpc) is 3.17. The minimum atomic E-state index is 0.320. The summed E-state index contributed by atoms with van der Waals surface area (Å²) in [5.41, 5.74) is 3.18. The number of hydrogen-bond acceptors (Lipinski definition) is 5. The second-order valence-corrected chi connectivity index (χ2v) is 5.87. The normalized spacial score (nSPS) is 11.5. The number of pyridine rings is 1. The first-order valence-electron chi connectivity index (χ1n) is 7.43. The molecule has 5 heteroatoms. The maximum atomic E-state index is 5.52. The predicted molar refractivity (Wildman–Crippen MR) is 83.4 cm³/mol. The van der Waals surface area contributed by atoms with Gasteiger partial charge in [0.25, 0.3) is 0 Å². The van der Waals surface area contributed by atoms with Crippen LogP contribution in [0.1, 0.15) is 50.9 Å². The minimum absolute atomic E-state index is 0.320. The van der Waals surface area contributed by atoms with Gasteiger partial charge in [0, 0.05) is 0 Å². The molecular formula is C17H19N3O2. The molecule has 0 saturated heterocycles. The lowest BCUT2D eigenvalue weighted by Gasteiger charge is -1.99. The molecule has 0 bridgehead atoms. The Balaban J connectivity index is 1.94. The monoisotopic (exact) mass is 297 g/mol. The molecule has 0 saturated carbocycles. The van der Waals surface area contributed by atoms with E-state index in [0.29, 0.717) is 35.0 Å². The van der Waals surface area contributed by atoms with E-state index in [4.69, 9.17) is 8.83 Å². The van der Waals surface area contributed by atoms with Crippen LogP contribution in [0.5, 0.6) is 0 Å². The molecule has 0 amide bonds. The molecule has 0 aliphatic rings. The SMILES string of the molecule is CC(C)c1coc(-c2cccc(-c3nc(C(C)C)co3)n2)n1. The first-order chi connectivity index (χ1) is 10.5. The number of rotatable bonds is 4. The van der Waals surface area contributed by atoms with Gasteiger partial charge in [0.05, 0.1) is 11.4 Å². The molecule has 22 heavy (non-hydrogen) atoms. The largest absolute Gasteiger partial charge is 0.443 e. The van der Waals surface area contributed by atoms with Gasteiger partial charge in [0.15, 0.2) is 0 Å². The lowest BCUT2D eigenvalue weighted by atomic mass is 10.2. The fourth-order valence-electron chi connectivity index (χ4n) is 2.01. The Bertz CT molecular complexity index is 710. The zero-order valence-corrected chi connectivity index (χ0v) is 13.2. The maximum absolute atomic E-state index is 5.52. The summed E-state index contributed by atoms with van der Waals surface area (Å²) in [5.74, 6) is 1.67. The highest BCUT2D eigenvalue weighted by atomic mass is 16.3. The highest BCUT2D eigenvalue weighted by Gasteiger charge is 2.14. The van der Waals surface area contributed by atoms with Crippen LogP contribution in [0.4, 0.5) is 0 Å². The van der Waals surface area contributed by atoms with Crippen molar-refractivity contribution in [3.63, 3.8) is 0 Å². The predicted octanol–water partition coefficient (Wildman–Crippen LogP) is 4.64. The Morgan fingerprint density at radius 2 is 1.18 bits per heavy atom. The van der Waals surface area contributed by atoms with E-state index < -0.39 is 0 Å². The molecule has 0 unspecified atom stereocenters. The van der Waals surface area contributed by atoms with Crippen LogP contribution in [-0.2, 0) is 0 Å². The van der Waals surface area contributed by atoms with Crippen molar-refractivity contribution in [1.29, 1.82) is 0 Å². The minimum Gasteiger partial charge on any atom is -0.443 e. The van der Waals surface area contributed by atoms with Crippen LogP contribution in [0.3, 0.4) is 0 Å². The van der Waals surface area contributed by atoms with Crippen LogP contribution in [0.2, 0.25) is 0 Å². The molecule has 3 aromatic heterocycles. The van der Waals surface area contributed by atoms with Gasteiger partial charge in [0.2, 0.25) is 11.8 Å². The van der Waals surface area contributed by atoms with E-state index >= 15 is 0 Å². The molecule has 0 aliphatic carbocycles. The van der Waals surface area contributed by atoms with Gasteiger partial charge in [-0.3, -0.25) is 0 Å². The molecule has 0 aromatic carbocycles. The van der Waals surface area contributed by atoms with E-state index in [0.717, 1.165) is 11.4 Å². The molecule has 0 aliphatic heterocycles. The van der Waals surface area contributed by atoms with E-state index in [1.165, 1.54) is 0 Å². The number of hydrogen-bond donors (Lipinski definition) is 0. The Morgan fingerprint density at radius 3 is 1.55 bits per heavy atom. The summed E-state index contributed by atoms with van der Waals surface area (Å²) in [6, 6.07) is 5.63. The molecule has 5 nitrogen and oxygen atoms in total. The highest BCUT2D eigenvalue weighted by Crippen LogP contribution is 2.25. The van der Waals surface area contributed by atoms with E-state index in [1.54, 1.807) is 12.5 Å². The molecule has 114 valence electrons. The zero-order chi connectivity index (χ0) is 15.7. The molecule has 0 fully saturated rings. The summed E-state index contributed by atoms with van der Waals surface area (Å²) >= 11 is 0. The van der Waals surface area contributed by atoms with Gasteiger partial charge in [-0.15, -0.1) is 0 Å². The van der Waals surface area contributed by atoms with Crippen molar-refractivity contribution in [3.8, 4) is 23.2 Å². The van der Waals surface area contributed by atoms with Gasteiger partial charge in [-0.2, -0.15) is 0 Å². The van der Waals surface area contributed by atoms with Crippen LogP contribution in [-0.4, -0.2) is 15.0 Å². The number of oxazole rings is 2. The maximum Gasteiger partial charge on any atom is 0.245 e. The van der Waals surface area contributed by atoms with Crippen LogP contribution >= 0.6 is 0 Å². The van der Waals surface area contributed by atoms with E-state index in [-0.39, 0.29) is 0 Å². The quantitative estimate of drug-likeness (QED) is 0.702. The summed E-state index contributed by atoms with van der Waals surface area (Å²) in [7, 11) is 0. The van der Waals surface area contributed by atoms with Gasteiger partial charge in [-0.1, -0.05) is 33.8 Å². The highest BCUT2D eigenvalue weighted by molar-refractivity contribution is 5.55. The Hall–Kier alpha value is -2.43. The van der Waals surface area contributed by atoms with Crippen molar-refractivity contribution >= 4 is 0 Å². The molecule has 3 heterocycles.